The van der Waals surface area contributed by atoms with Crippen LogP contribution in [0.15, 0.2) is 27.7 Å². The SMILES string of the molecule is Cc1cc(C)c(O)c(N=Nc2nc(C)cs2)c1. The van der Waals surface area contributed by atoms with E-state index >= 15 is 0 Å². The van der Waals surface area contributed by atoms with Gasteiger partial charge >= 0.3 is 0 Å². The van der Waals surface area contributed by atoms with E-state index in [4.69, 9.17) is 0 Å². The molecule has 0 bridgehead atoms. The molecule has 1 N–H and O–H groups in total. The molecule has 0 saturated carbocycles. The fourth-order valence-electron chi connectivity index (χ4n) is 1.50. The Hall–Kier alpha value is -1.75. The predicted molar refractivity (Wildman–Crippen MR) is 68.6 cm³/mol. The Bertz CT molecular complexity index is 575. The van der Waals surface area contributed by atoms with Gasteiger partial charge in [0.25, 0.3) is 0 Å². The first-order chi connectivity index (χ1) is 8.06. The minimum Gasteiger partial charge on any atom is -0.505 e. The van der Waals surface area contributed by atoms with Gasteiger partial charge in [-0.15, -0.1) is 21.6 Å². The highest BCUT2D eigenvalue weighted by Gasteiger charge is 2.05. The first kappa shape index (κ1) is 11.7. The molecule has 0 radical (unpaired) electrons. The lowest BCUT2D eigenvalue weighted by molar-refractivity contribution is 0.472. The highest BCUT2D eigenvalue weighted by Crippen LogP contribution is 2.32. The van der Waals surface area contributed by atoms with Gasteiger partial charge in [-0.3, -0.25) is 0 Å². The van der Waals surface area contributed by atoms with Gasteiger partial charge in [-0.2, -0.15) is 0 Å². The van der Waals surface area contributed by atoms with Crippen molar-refractivity contribution in [3.05, 3.63) is 34.3 Å². The summed E-state index contributed by atoms with van der Waals surface area (Å²) in [5, 5.41) is 20.4. The largest absolute Gasteiger partial charge is 0.505 e. The summed E-state index contributed by atoms with van der Waals surface area (Å²) in [5.41, 5.74) is 3.25. The van der Waals surface area contributed by atoms with Crippen LogP contribution in [0.3, 0.4) is 0 Å². The van der Waals surface area contributed by atoms with Crippen LogP contribution in [-0.2, 0) is 0 Å². The second-order valence-electron chi connectivity index (χ2n) is 3.92. The summed E-state index contributed by atoms with van der Waals surface area (Å²) >= 11 is 1.43. The van der Waals surface area contributed by atoms with Gasteiger partial charge in [0, 0.05) is 5.38 Å². The Balaban J connectivity index is 2.33. The molecule has 1 aromatic heterocycles. The van der Waals surface area contributed by atoms with E-state index in [1.165, 1.54) is 11.3 Å². The fourth-order valence-corrected chi connectivity index (χ4v) is 2.11. The molecular formula is C12H13N3OS. The summed E-state index contributed by atoms with van der Waals surface area (Å²) in [6.45, 7) is 5.71. The average Bonchev–Trinajstić information content (AvgIpc) is 2.67. The van der Waals surface area contributed by atoms with Crippen molar-refractivity contribution in [3.63, 3.8) is 0 Å². The van der Waals surface area contributed by atoms with E-state index in [0.717, 1.165) is 16.8 Å². The third-order valence-electron chi connectivity index (χ3n) is 2.27. The van der Waals surface area contributed by atoms with Crippen LogP contribution in [0.2, 0.25) is 0 Å². The summed E-state index contributed by atoms with van der Waals surface area (Å²) in [4.78, 5) is 4.18. The number of aromatic hydroxyl groups is 1. The van der Waals surface area contributed by atoms with Gasteiger partial charge in [-0.05, 0) is 38.0 Å². The summed E-state index contributed by atoms with van der Waals surface area (Å²) in [6.07, 6.45) is 0. The lowest BCUT2D eigenvalue weighted by atomic mass is 10.1. The van der Waals surface area contributed by atoms with E-state index < -0.39 is 0 Å². The van der Waals surface area contributed by atoms with Gasteiger partial charge in [0.2, 0.25) is 5.13 Å². The van der Waals surface area contributed by atoms with Crippen molar-refractivity contribution in [1.82, 2.24) is 4.98 Å². The number of benzene rings is 1. The Kier molecular flexibility index (Phi) is 3.19. The van der Waals surface area contributed by atoms with Crippen molar-refractivity contribution in [3.8, 4) is 5.75 Å². The van der Waals surface area contributed by atoms with Crippen molar-refractivity contribution in [2.75, 3.05) is 0 Å². The predicted octanol–water partition coefficient (Wildman–Crippen LogP) is 4.19. The molecule has 0 saturated heterocycles. The molecule has 1 aromatic carbocycles. The van der Waals surface area contributed by atoms with E-state index in [-0.39, 0.29) is 5.75 Å². The molecule has 0 atom stereocenters. The van der Waals surface area contributed by atoms with Crippen LogP contribution in [0.4, 0.5) is 10.8 Å². The Morgan fingerprint density at radius 1 is 1.18 bits per heavy atom. The lowest BCUT2D eigenvalue weighted by Crippen LogP contribution is -1.78. The summed E-state index contributed by atoms with van der Waals surface area (Å²) < 4.78 is 0. The lowest BCUT2D eigenvalue weighted by Gasteiger charge is -2.03. The molecule has 2 rings (SSSR count). The van der Waals surface area contributed by atoms with E-state index in [2.05, 4.69) is 15.2 Å². The van der Waals surface area contributed by atoms with E-state index in [1.54, 1.807) is 6.07 Å². The minimum atomic E-state index is 0.174. The molecule has 0 fully saturated rings. The van der Waals surface area contributed by atoms with Crippen molar-refractivity contribution in [1.29, 1.82) is 0 Å². The number of azo groups is 1. The fraction of sp³-hybridized carbons (Fsp3) is 0.250. The number of thiazole rings is 1. The standard InChI is InChI=1S/C12H13N3OS/c1-7-4-8(2)11(16)10(5-7)14-15-12-13-9(3)6-17-12/h4-6,16H,1-3H3. The number of nitrogens with zero attached hydrogens (tertiary/aromatic N) is 3. The molecule has 88 valence electrons. The van der Waals surface area contributed by atoms with Crippen LogP contribution in [0.25, 0.3) is 0 Å². The third-order valence-corrected chi connectivity index (χ3v) is 3.12. The number of phenolic OH excluding ortho intramolecular Hbond substituents is 1. The zero-order valence-corrected chi connectivity index (χ0v) is 10.7. The van der Waals surface area contributed by atoms with Crippen molar-refractivity contribution in [2.24, 2.45) is 10.2 Å². The van der Waals surface area contributed by atoms with Gasteiger partial charge in [-0.1, -0.05) is 6.07 Å². The third kappa shape index (κ3) is 2.68. The molecular weight excluding hydrogens is 234 g/mol. The normalized spacial score (nSPS) is 11.2. The number of hydrogen-bond donors (Lipinski definition) is 1. The Labute approximate surface area is 104 Å². The van der Waals surface area contributed by atoms with Gasteiger partial charge in [0.15, 0.2) is 0 Å². The molecule has 0 unspecified atom stereocenters. The van der Waals surface area contributed by atoms with Gasteiger partial charge < -0.3 is 5.11 Å². The van der Waals surface area contributed by atoms with E-state index in [0.29, 0.717) is 10.8 Å². The van der Waals surface area contributed by atoms with Crippen LogP contribution in [0.1, 0.15) is 16.8 Å². The molecule has 0 spiro atoms. The number of aromatic nitrogens is 1. The van der Waals surface area contributed by atoms with Crippen molar-refractivity contribution < 1.29 is 5.11 Å². The molecule has 0 aliphatic heterocycles. The zero-order valence-electron chi connectivity index (χ0n) is 9.93. The Morgan fingerprint density at radius 3 is 2.59 bits per heavy atom. The molecule has 0 amide bonds. The number of phenols is 1. The topological polar surface area (TPSA) is 57.8 Å². The van der Waals surface area contributed by atoms with Crippen LogP contribution < -0.4 is 0 Å². The second-order valence-corrected chi connectivity index (χ2v) is 4.76. The first-order valence-corrected chi connectivity index (χ1v) is 6.08. The molecule has 0 aliphatic carbocycles. The number of aryl methyl sites for hydroxylation is 3. The van der Waals surface area contributed by atoms with Crippen LogP contribution in [0, 0.1) is 20.8 Å². The van der Waals surface area contributed by atoms with Crippen LogP contribution >= 0.6 is 11.3 Å². The highest BCUT2D eigenvalue weighted by molar-refractivity contribution is 7.13. The van der Waals surface area contributed by atoms with Gasteiger partial charge in [0.05, 0.1) is 5.69 Å². The van der Waals surface area contributed by atoms with Crippen molar-refractivity contribution in [2.45, 2.75) is 20.8 Å². The van der Waals surface area contributed by atoms with Gasteiger partial charge in [-0.25, -0.2) is 4.98 Å². The van der Waals surface area contributed by atoms with Crippen molar-refractivity contribution >= 4 is 22.2 Å². The molecule has 17 heavy (non-hydrogen) atoms. The Morgan fingerprint density at radius 2 is 1.94 bits per heavy atom. The maximum atomic E-state index is 9.83. The van der Waals surface area contributed by atoms with E-state index in [1.807, 2.05) is 32.2 Å². The molecule has 1 heterocycles. The summed E-state index contributed by atoms with van der Waals surface area (Å²) in [7, 11) is 0. The molecule has 2 aromatic rings. The quantitative estimate of drug-likeness (QED) is 0.809. The van der Waals surface area contributed by atoms with Crippen LogP contribution in [0.5, 0.6) is 5.75 Å². The minimum absolute atomic E-state index is 0.174. The molecule has 5 heteroatoms. The highest BCUT2D eigenvalue weighted by atomic mass is 32.1. The monoisotopic (exact) mass is 247 g/mol. The summed E-state index contributed by atoms with van der Waals surface area (Å²) in [6, 6.07) is 3.70. The van der Waals surface area contributed by atoms with Crippen LogP contribution in [-0.4, -0.2) is 10.1 Å². The molecule has 4 nitrogen and oxygen atoms in total. The first-order valence-electron chi connectivity index (χ1n) is 5.20. The zero-order chi connectivity index (χ0) is 12.4. The average molecular weight is 247 g/mol. The molecule has 0 aliphatic rings. The smallest absolute Gasteiger partial charge is 0.230 e. The number of hydrogen-bond acceptors (Lipinski definition) is 5. The maximum absolute atomic E-state index is 9.83. The second kappa shape index (κ2) is 4.63. The maximum Gasteiger partial charge on any atom is 0.230 e. The number of rotatable bonds is 2. The summed E-state index contributed by atoms with van der Waals surface area (Å²) in [5.74, 6) is 0.174. The van der Waals surface area contributed by atoms with E-state index in [9.17, 15) is 5.11 Å². The van der Waals surface area contributed by atoms with Gasteiger partial charge in [0.1, 0.15) is 11.4 Å².